The molecule has 0 aliphatic heterocycles. The zero-order chi connectivity index (χ0) is 76.0. The first kappa shape index (κ1) is 110. The average Bonchev–Trinajstić information content (AvgIpc) is 3.66. The average molecular weight is 1400 g/mol. The summed E-state index contributed by atoms with van der Waals surface area (Å²) in [4.78, 5) is 73.6. The number of carbonyl (C=O) groups excluding carboxylic acids is 7. The van der Waals surface area contributed by atoms with E-state index in [0.717, 1.165) is 141 Å². The van der Waals surface area contributed by atoms with E-state index in [2.05, 4.69) is 98.6 Å². The molecule has 0 unspecified atom stereocenters. The molecule has 0 aliphatic carbocycles. The smallest absolute Gasteiger partial charge is 0.330 e. The first-order valence-corrected chi connectivity index (χ1v) is 36.0. The molecule has 0 aliphatic rings. The third-order valence-corrected chi connectivity index (χ3v) is 12.5. The Morgan fingerprint density at radius 2 is 0.388 bits per heavy atom. The van der Waals surface area contributed by atoms with Gasteiger partial charge in [0.2, 0.25) is 0 Å². The Morgan fingerprint density at radius 3 is 0.602 bits per heavy atom. The molecule has 0 atom stereocenters. The molecule has 0 fully saturated rings. The number of carbonyl (C=O) groups is 7. The van der Waals surface area contributed by atoms with Crippen LogP contribution in [0.25, 0.3) is 0 Å². The molecule has 0 heterocycles. The van der Waals surface area contributed by atoms with Crippen LogP contribution in [0.5, 0.6) is 0 Å². The summed E-state index contributed by atoms with van der Waals surface area (Å²) in [5, 5.41) is 0. The number of esters is 7. The first-order chi connectivity index (χ1) is 47.2. The minimum atomic E-state index is -0.359. The highest BCUT2D eigenvalue weighted by Crippen LogP contribution is 2.09. The Labute approximate surface area is 599 Å². The second-order valence-electron chi connectivity index (χ2n) is 22.2. The van der Waals surface area contributed by atoms with Gasteiger partial charge in [-0.15, -0.1) is 13.2 Å². The number of ether oxygens (including phenoxy) is 11. The van der Waals surface area contributed by atoms with Crippen LogP contribution in [-0.2, 0) is 85.7 Å². The third-order valence-electron chi connectivity index (χ3n) is 12.5. The standard InChI is InChI=1S/C12H22O2.C10H18O3.C10H18O2.C10H20O.C9H16O2.C8H14O3.C8H14O2.C7H12O2.C6H12O/c1-3-5-6-7-8-9-10-11-14-12(13)4-2;1-3-10(11)13-9-7-5-4-6-8-12-2;1-3-5-6-7-8-9-12-10(11)4-2;1-10(2)8-6-4-5-7-9-11-3;1-3-5-6-7-8-11-9(10)4-2;1-3-8(9)11-7-5-4-6-10-2;1-3-5-6-7-10-8(9)4-2;1-3-5-6-9-7(8)4-2;1-6(2)4-5-7-3/h4H,2-3,5-11H2,1H3;3H,1,4-9H2,2H3;4H,2-3,5-9H2,1H3;1,4-9H2,2-3H3;4H,2-3,5-8H2,1H3;3H,1,4-7H2,2H3;4H,2-3,5-7H2,1H3;4H,2-3,5-6H2,1H3;1,4-5H2,2-3H3. The summed E-state index contributed by atoms with van der Waals surface area (Å²) >= 11 is 0. The second kappa shape index (κ2) is 107. The molecule has 0 aromatic heterocycles. The van der Waals surface area contributed by atoms with Crippen molar-refractivity contribution in [2.24, 2.45) is 0 Å². The first-order valence-electron chi connectivity index (χ1n) is 36.0. The molecule has 98 heavy (non-hydrogen) atoms. The number of rotatable bonds is 55. The monoisotopic (exact) mass is 1400 g/mol. The summed E-state index contributed by atoms with van der Waals surface area (Å²) in [6.07, 6.45) is 45.8. The van der Waals surface area contributed by atoms with E-state index >= 15 is 0 Å². The van der Waals surface area contributed by atoms with E-state index in [1.165, 1.54) is 144 Å². The molecule has 0 bridgehead atoms. The van der Waals surface area contributed by atoms with Crippen molar-refractivity contribution in [2.45, 2.75) is 260 Å². The second-order valence-corrected chi connectivity index (χ2v) is 22.2. The highest BCUT2D eigenvalue weighted by atomic mass is 16.6. The summed E-state index contributed by atoms with van der Waals surface area (Å²) in [6, 6.07) is 0. The van der Waals surface area contributed by atoms with E-state index in [-0.39, 0.29) is 41.8 Å². The molecule has 0 saturated heterocycles. The van der Waals surface area contributed by atoms with Gasteiger partial charge < -0.3 is 52.1 Å². The molecule has 0 spiro atoms. The van der Waals surface area contributed by atoms with Gasteiger partial charge in [-0.05, 0) is 104 Å². The van der Waals surface area contributed by atoms with E-state index in [1.807, 2.05) is 13.8 Å². The van der Waals surface area contributed by atoms with Crippen LogP contribution in [0.4, 0.5) is 0 Å². The van der Waals surface area contributed by atoms with Crippen molar-refractivity contribution in [3.05, 3.63) is 113 Å². The van der Waals surface area contributed by atoms with Crippen molar-refractivity contribution in [2.75, 3.05) is 101 Å². The summed E-state index contributed by atoms with van der Waals surface area (Å²) in [6.45, 7) is 52.3. The van der Waals surface area contributed by atoms with Crippen molar-refractivity contribution in [1.29, 1.82) is 0 Å². The Bertz CT molecular complexity index is 1810. The fourth-order valence-corrected chi connectivity index (χ4v) is 6.77. The highest BCUT2D eigenvalue weighted by Gasteiger charge is 2.00. The number of methoxy groups -OCH3 is 4. The number of unbranched alkanes of at least 4 members (excludes halogenated alkanes) is 23. The van der Waals surface area contributed by atoms with Gasteiger partial charge in [0.25, 0.3) is 0 Å². The van der Waals surface area contributed by atoms with E-state index in [4.69, 9.17) is 47.4 Å². The summed E-state index contributed by atoms with van der Waals surface area (Å²) in [5.41, 5.74) is 2.48. The van der Waals surface area contributed by atoms with Gasteiger partial charge in [-0.1, -0.05) is 214 Å². The van der Waals surface area contributed by atoms with E-state index in [9.17, 15) is 33.6 Å². The fraction of sp³-hybridized carbons (Fsp3) is 0.688. The Morgan fingerprint density at radius 1 is 0.224 bits per heavy atom. The Kier molecular flexibility index (Phi) is 120. The topological polar surface area (TPSA) is 221 Å². The molecule has 574 valence electrons. The van der Waals surface area contributed by atoms with Gasteiger partial charge in [-0.2, -0.15) is 0 Å². The van der Waals surface area contributed by atoms with Crippen LogP contribution in [0.1, 0.15) is 260 Å². The van der Waals surface area contributed by atoms with E-state index < -0.39 is 0 Å². The van der Waals surface area contributed by atoms with Crippen molar-refractivity contribution < 1.29 is 85.7 Å². The molecular weight excluding hydrogens is 1250 g/mol. The van der Waals surface area contributed by atoms with Crippen LogP contribution in [0.2, 0.25) is 0 Å². The quantitative estimate of drug-likeness (QED) is 0.0182. The molecule has 0 amide bonds. The van der Waals surface area contributed by atoms with Crippen LogP contribution in [0.15, 0.2) is 113 Å². The summed E-state index contributed by atoms with van der Waals surface area (Å²) < 4.78 is 52.9. The number of hydrogen-bond acceptors (Lipinski definition) is 18. The predicted octanol–water partition coefficient (Wildman–Crippen LogP) is 19.7. The van der Waals surface area contributed by atoms with E-state index in [1.54, 1.807) is 28.4 Å². The van der Waals surface area contributed by atoms with E-state index in [0.29, 0.717) is 52.9 Å². The molecule has 0 radical (unpaired) electrons. The van der Waals surface area contributed by atoms with Crippen molar-refractivity contribution in [3.63, 3.8) is 0 Å². The summed E-state index contributed by atoms with van der Waals surface area (Å²) in [5.74, 6) is -2.29. The molecule has 0 rings (SSSR count). The van der Waals surface area contributed by atoms with Gasteiger partial charge in [0.05, 0.1) is 46.2 Å². The van der Waals surface area contributed by atoms with Crippen molar-refractivity contribution in [3.8, 4) is 0 Å². The lowest BCUT2D eigenvalue weighted by atomic mass is 10.1. The lowest BCUT2D eigenvalue weighted by molar-refractivity contribution is -0.138. The van der Waals surface area contributed by atoms with Gasteiger partial charge in [-0.3, -0.25) is 0 Å². The van der Waals surface area contributed by atoms with Gasteiger partial charge in [0.1, 0.15) is 0 Å². The molecule has 0 N–H and O–H groups in total. The predicted molar refractivity (Wildman–Crippen MR) is 406 cm³/mol. The molecule has 0 saturated carbocycles. The maximum Gasteiger partial charge on any atom is 0.330 e. The van der Waals surface area contributed by atoms with Crippen LogP contribution in [0.3, 0.4) is 0 Å². The minimum Gasteiger partial charge on any atom is -0.463 e. The largest absolute Gasteiger partial charge is 0.463 e. The molecule has 18 nitrogen and oxygen atoms in total. The maximum absolute atomic E-state index is 10.6. The normalized spacial score (nSPS) is 9.34. The lowest BCUT2D eigenvalue weighted by Crippen LogP contribution is -2.02. The van der Waals surface area contributed by atoms with Gasteiger partial charge in [0, 0.05) is 97.4 Å². The number of allylic oxidation sites excluding steroid dienone is 1. The zero-order valence-electron chi connectivity index (χ0n) is 64.4. The van der Waals surface area contributed by atoms with Crippen LogP contribution in [-0.4, -0.2) is 143 Å². The maximum atomic E-state index is 10.6. The summed E-state index contributed by atoms with van der Waals surface area (Å²) in [7, 11) is 6.80. The molecule has 0 aromatic carbocycles. The molecule has 0 aromatic rings. The zero-order valence-corrected chi connectivity index (χ0v) is 64.4. The van der Waals surface area contributed by atoms with Crippen LogP contribution < -0.4 is 0 Å². The van der Waals surface area contributed by atoms with Gasteiger partial charge >= 0.3 is 41.8 Å². The molecule has 18 heteroatoms. The third kappa shape index (κ3) is 137. The van der Waals surface area contributed by atoms with Gasteiger partial charge in [0.15, 0.2) is 0 Å². The van der Waals surface area contributed by atoms with Crippen molar-refractivity contribution >= 4 is 41.8 Å². The highest BCUT2D eigenvalue weighted by molar-refractivity contribution is 5.83. The van der Waals surface area contributed by atoms with Gasteiger partial charge in [-0.25, -0.2) is 33.6 Å². The van der Waals surface area contributed by atoms with Crippen LogP contribution in [0, 0.1) is 0 Å². The SMILES string of the molecule is C=C(C)CCCCCCOC.C=C(C)CCOC.C=CC(=O)OCCCC.C=CC(=O)OCCCCC.C=CC(=O)OCCCCCC.C=CC(=O)OCCCCCCC.C=CC(=O)OCCCCCCCCC.C=CC(=O)OCCCCCCOC.C=CC(=O)OCCCCOC. The fourth-order valence-electron chi connectivity index (χ4n) is 6.77. The van der Waals surface area contributed by atoms with Crippen LogP contribution >= 0.6 is 0 Å². The minimum absolute atomic E-state index is 0.309. The Balaban J connectivity index is -0.000000131. The van der Waals surface area contributed by atoms with Crippen molar-refractivity contribution in [1.82, 2.24) is 0 Å². The lowest BCUT2D eigenvalue weighted by Gasteiger charge is -2.01. The Hall–Kier alpha value is -6.21. The number of hydrogen-bond donors (Lipinski definition) is 0. The molecular formula is C80H146O18.